The molecule has 1 N–H and O–H groups in total. The van der Waals surface area contributed by atoms with Gasteiger partial charge in [-0.05, 0) is 31.2 Å². The van der Waals surface area contributed by atoms with Gasteiger partial charge in [0.2, 0.25) is 5.91 Å². The fourth-order valence-electron chi connectivity index (χ4n) is 1.54. The number of carbonyl (C=O) groups is 1. The van der Waals surface area contributed by atoms with Crippen LogP contribution in [0.2, 0.25) is 0 Å². The molecule has 0 saturated carbocycles. The number of hydrogen-bond donors (Lipinski definition) is 1. The largest absolute Gasteiger partial charge is 0.305 e. The minimum Gasteiger partial charge on any atom is -0.305 e. The molecule has 0 aromatic carbocycles. The summed E-state index contributed by atoms with van der Waals surface area (Å²) in [6.07, 6.45) is 4.16. The summed E-state index contributed by atoms with van der Waals surface area (Å²) < 4.78 is 0. The summed E-state index contributed by atoms with van der Waals surface area (Å²) in [5.74, 6) is 0.354. The fourth-order valence-corrected chi connectivity index (χ4v) is 2.02. The second-order valence-electron chi connectivity index (χ2n) is 4.72. The van der Waals surface area contributed by atoms with Gasteiger partial charge < -0.3 is 5.32 Å². The fraction of sp³-hybridized carbons (Fsp3) is 0.500. The highest BCUT2D eigenvalue weighted by atomic mass is 32.2. The van der Waals surface area contributed by atoms with Gasteiger partial charge in [0.25, 0.3) is 0 Å². The molecule has 1 aromatic rings. The van der Waals surface area contributed by atoms with E-state index in [-0.39, 0.29) is 11.9 Å². The van der Waals surface area contributed by atoms with Crippen LogP contribution in [-0.2, 0) is 4.79 Å². The first-order chi connectivity index (χ1) is 9.02. The number of hydrogen-bond acceptors (Lipinski definition) is 4. The van der Waals surface area contributed by atoms with Crippen LogP contribution >= 0.6 is 11.8 Å². The molecule has 104 valence electrons. The standard InChI is InChI=1S/C14H21N3OS/c1-10(2)9-13(18)17-14(19-4)16-11(3)12-7-5-6-8-15-12/h5-8,10-11H,9H2,1-4H3,(H,16,17,18)/t11-/m1/s1. The highest BCUT2D eigenvalue weighted by Gasteiger charge is 2.10. The maximum absolute atomic E-state index is 11.7. The third kappa shape index (κ3) is 5.87. The minimum atomic E-state index is -0.0667. The lowest BCUT2D eigenvalue weighted by Crippen LogP contribution is -2.29. The zero-order chi connectivity index (χ0) is 14.3. The van der Waals surface area contributed by atoms with Crippen LogP contribution < -0.4 is 5.32 Å². The van der Waals surface area contributed by atoms with Crippen molar-refractivity contribution in [2.45, 2.75) is 33.2 Å². The summed E-state index contributed by atoms with van der Waals surface area (Å²) in [7, 11) is 0. The highest BCUT2D eigenvalue weighted by Crippen LogP contribution is 2.15. The number of amides is 1. The van der Waals surface area contributed by atoms with E-state index in [1.54, 1.807) is 6.20 Å². The topological polar surface area (TPSA) is 54.4 Å². The highest BCUT2D eigenvalue weighted by molar-refractivity contribution is 8.13. The van der Waals surface area contributed by atoms with Crippen molar-refractivity contribution in [3.63, 3.8) is 0 Å². The van der Waals surface area contributed by atoms with Crippen molar-refractivity contribution >= 4 is 22.8 Å². The number of aromatic nitrogens is 1. The van der Waals surface area contributed by atoms with E-state index in [2.05, 4.69) is 15.3 Å². The number of nitrogens with zero attached hydrogens (tertiary/aromatic N) is 2. The number of carbonyl (C=O) groups excluding carboxylic acids is 1. The Kier molecular flexibility index (Phi) is 6.56. The van der Waals surface area contributed by atoms with Crippen molar-refractivity contribution in [1.29, 1.82) is 0 Å². The van der Waals surface area contributed by atoms with Crippen LogP contribution in [0.1, 0.15) is 38.9 Å². The molecule has 1 rings (SSSR count). The lowest BCUT2D eigenvalue weighted by molar-refractivity contribution is -0.120. The molecule has 1 atom stereocenters. The third-order valence-electron chi connectivity index (χ3n) is 2.46. The van der Waals surface area contributed by atoms with E-state index in [4.69, 9.17) is 0 Å². The lowest BCUT2D eigenvalue weighted by atomic mass is 10.1. The third-order valence-corrected chi connectivity index (χ3v) is 3.05. The molecule has 4 nitrogen and oxygen atoms in total. The van der Waals surface area contributed by atoms with E-state index in [9.17, 15) is 4.79 Å². The first-order valence-corrected chi connectivity index (χ1v) is 7.58. The van der Waals surface area contributed by atoms with E-state index in [0.717, 1.165) is 5.69 Å². The van der Waals surface area contributed by atoms with Crippen molar-refractivity contribution in [3.8, 4) is 0 Å². The quantitative estimate of drug-likeness (QED) is 0.681. The van der Waals surface area contributed by atoms with E-state index in [1.807, 2.05) is 45.2 Å². The molecular formula is C14H21N3OS. The Bertz CT molecular complexity index is 432. The van der Waals surface area contributed by atoms with Crippen molar-refractivity contribution < 1.29 is 4.79 Å². The molecule has 0 aliphatic rings. The Morgan fingerprint density at radius 2 is 2.16 bits per heavy atom. The van der Waals surface area contributed by atoms with Crippen LogP contribution in [0.5, 0.6) is 0 Å². The monoisotopic (exact) mass is 279 g/mol. The van der Waals surface area contributed by atoms with Gasteiger partial charge in [-0.1, -0.05) is 31.7 Å². The number of nitrogens with one attached hydrogen (secondary N) is 1. The molecule has 5 heteroatoms. The summed E-state index contributed by atoms with van der Waals surface area (Å²) in [6.45, 7) is 6.01. The van der Waals surface area contributed by atoms with Crippen LogP contribution in [0.3, 0.4) is 0 Å². The predicted octanol–water partition coefficient (Wildman–Crippen LogP) is 3.02. The maximum atomic E-state index is 11.7. The minimum absolute atomic E-state index is 0.0105. The number of aliphatic imine (C=N–C) groups is 1. The smallest absolute Gasteiger partial charge is 0.226 e. The van der Waals surface area contributed by atoms with Gasteiger partial charge in [-0.2, -0.15) is 0 Å². The molecule has 19 heavy (non-hydrogen) atoms. The summed E-state index contributed by atoms with van der Waals surface area (Å²) >= 11 is 1.44. The van der Waals surface area contributed by atoms with Gasteiger partial charge in [-0.3, -0.25) is 14.8 Å². The molecule has 0 saturated heterocycles. The molecule has 1 aromatic heterocycles. The number of rotatable bonds is 4. The van der Waals surface area contributed by atoms with Crippen LogP contribution in [0.15, 0.2) is 29.4 Å². The zero-order valence-corrected chi connectivity index (χ0v) is 12.7. The first-order valence-electron chi connectivity index (χ1n) is 6.35. The molecule has 0 radical (unpaired) electrons. The average molecular weight is 279 g/mol. The van der Waals surface area contributed by atoms with E-state index >= 15 is 0 Å². The molecule has 0 aliphatic carbocycles. The molecule has 1 amide bonds. The van der Waals surface area contributed by atoms with E-state index < -0.39 is 0 Å². The Hall–Kier alpha value is -1.36. The van der Waals surface area contributed by atoms with Crippen molar-refractivity contribution in [3.05, 3.63) is 30.1 Å². The Morgan fingerprint density at radius 1 is 1.42 bits per heavy atom. The normalized spacial score (nSPS) is 13.4. The van der Waals surface area contributed by atoms with Gasteiger partial charge >= 0.3 is 0 Å². The lowest BCUT2D eigenvalue weighted by Gasteiger charge is -2.11. The van der Waals surface area contributed by atoms with Gasteiger partial charge in [0.15, 0.2) is 5.17 Å². The number of amidine groups is 1. The van der Waals surface area contributed by atoms with Crippen LogP contribution in [-0.4, -0.2) is 22.3 Å². The molecule has 0 unspecified atom stereocenters. The van der Waals surface area contributed by atoms with Crippen molar-refractivity contribution in [1.82, 2.24) is 10.3 Å². The number of thioether (sulfide) groups is 1. The Labute approximate surface area is 119 Å². The van der Waals surface area contributed by atoms with E-state index in [0.29, 0.717) is 17.5 Å². The predicted molar refractivity (Wildman–Crippen MR) is 81.2 cm³/mol. The Morgan fingerprint density at radius 3 is 2.68 bits per heavy atom. The van der Waals surface area contributed by atoms with Gasteiger partial charge in [0, 0.05) is 12.6 Å². The molecule has 0 spiro atoms. The first kappa shape index (κ1) is 15.7. The van der Waals surface area contributed by atoms with Crippen LogP contribution in [0.4, 0.5) is 0 Å². The molecule has 0 fully saturated rings. The average Bonchev–Trinajstić information content (AvgIpc) is 2.37. The van der Waals surface area contributed by atoms with Crippen molar-refractivity contribution in [2.24, 2.45) is 10.9 Å². The molecule has 0 bridgehead atoms. The summed E-state index contributed by atoms with van der Waals surface area (Å²) in [5, 5.41) is 3.49. The Balaban J connectivity index is 2.68. The van der Waals surface area contributed by atoms with Crippen molar-refractivity contribution in [2.75, 3.05) is 6.26 Å². The van der Waals surface area contributed by atoms with Gasteiger partial charge in [0.05, 0.1) is 11.7 Å². The maximum Gasteiger partial charge on any atom is 0.226 e. The van der Waals surface area contributed by atoms with Gasteiger partial charge in [-0.25, -0.2) is 0 Å². The zero-order valence-electron chi connectivity index (χ0n) is 11.9. The SMILES string of the molecule is CSC(=N[C@H](C)c1ccccn1)NC(=O)CC(C)C. The van der Waals surface area contributed by atoms with Crippen LogP contribution in [0.25, 0.3) is 0 Å². The summed E-state index contributed by atoms with van der Waals surface area (Å²) in [6, 6.07) is 5.68. The second kappa shape index (κ2) is 7.94. The van der Waals surface area contributed by atoms with Gasteiger partial charge in [-0.15, -0.1) is 0 Å². The van der Waals surface area contributed by atoms with Crippen LogP contribution in [0, 0.1) is 5.92 Å². The summed E-state index contributed by atoms with van der Waals surface area (Å²) in [5.41, 5.74) is 0.896. The van der Waals surface area contributed by atoms with E-state index in [1.165, 1.54) is 11.8 Å². The van der Waals surface area contributed by atoms with Gasteiger partial charge in [0.1, 0.15) is 0 Å². The number of pyridine rings is 1. The molecular weight excluding hydrogens is 258 g/mol. The summed E-state index contributed by atoms with van der Waals surface area (Å²) in [4.78, 5) is 20.5. The molecule has 1 heterocycles. The molecule has 0 aliphatic heterocycles. The second-order valence-corrected chi connectivity index (χ2v) is 5.51.